The summed E-state index contributed by atoms with van der Waals surface area (Å²) in [5.41, 5.74) is -1.52. The number of hydrogen-bond donors (Lipinski definition) is 0. The average molecular weight is 558 g/mol. The van der Waals surface area contributed by atoms with Crippen molar-refractivity contribution in [1.82, 2.24) is 4.90 Å². The number of nitrogens with zero attached hydrogens (tertiary/aromatic N) is 1. The van der Waals surface area contributed by atoms with Crippen molar-refractivity contribution in [1.29, 1.82) is 0 Å². The standard InChI is InChI=1S/C26H27ClF3NO7/c1-13(32)21-19(35-4)11-20(36-5)22(15-9-10-31(3)18(15)12-37-14(2)33)24(21)38-25(34)16-7-6-8-17(23(16)27)26(28,29)30/h6-8,11,15,18H,9-10,12H2,1-5H3. The largest absolute Gasteiger partial charge is 0.496 e. The van der Waals surface area contributed by atoms with Gasteiger partial charge in [0.2, 0.25) is 0 Å². The number of alkyl halides is 3. The maximum atomic E-state index is 13.4. The molecular weight excluding hydrogens is 531 g/mol. The number of carbonyl (C=O) groups is 3. The van der Waals surface area contributed by atoms with Crippen LogP contribution in [-0.4, -0.2) is 63.1 Å². The molecule has 0 saturated carbocycles. The van der Waals surface area contributed by atoms with Crippen molar-refractivity contribution in [3.8, 4) is 17.2 Å². The van der Waals surface area contributed by atoms with Gasteiger partial charge in [-0.15, -0.1) is 0 Å². The lowest BCUT2D eigenvalue weighted by molar-refractivity contribution is -0.142. The molecule has 1 aliphatic heterocycles. The van der Waals surface area contributed by atoms with Crippen molar-refractivity contribution in [2.45, 2.75) is 38.4 Å². The highest BCUT2D eigenvalue weighted by atomic mass is 35.5. The molecule has 1 aliphatic rings. The van der Waals surface area contributed by atoms with Gasteiger partial charge < -0.3 is 18.9 Å². The van der Waals surface area contributed by atoms with Crippen molar-refractivity contribution in [2.24, 2.45) is 0 Å². The molecule has 38 heavy (non-hydrogen) atoms. The summed E-state index contributed by atoms with van der Waals surface area (Å²) in [6, 6.07) is 3.97. The van der Waals surface area contributed by atoms with Gasteiger partial charge in [0, 0.05) is 24.5 Å². The third-order valence-corrected chi connectivity index (χ3v) is 6.82. The van der Waals surface area contributed by atoms with Crippen LogP contribution in [0, 0.1) is 0 Å². The molecule has 0 radical (unpaired) electrons. The van der Waals surface area contributed by atoms with Gasteiger partial charge in [0.25, 0.3) is 0 Å². The lowest BCUT2D eigenvalue weighted by Gasteiger charge is -2.28. The van der Waals surface area contributed by atoms with E-state index in [1.165, 1.54) is 34.1 Å². The molecule has 12 heteroatoms. The maximum absolute atomic E-state index is 13.4. The van der Waals surface area contributed by atoms with Gasteiger partial charge in [0.05, 0.1) is 36.4 Å². The first-order valence-corrected chi connectivity index (χ1v) is 11.9. The van der Waals surface area contributed by atoms with E-state index in [1.54, 1.807) is 0 Å². The quantitative estimate of drug-likeness (QED) is 0.250. The Bertz CT molecular complexity index is 1250. The molecular formula is C26H27ClF3NO7. The Morgan fingerprint density at radius 2 is 1.76 bits per heavy atom. The number of benzene rings is 2. The summed E-state index contributed by atoms with van der Waals surface area (Å²) in [6.07, 6.45) is -4.29. The number of likely N-dealkylation sites (N-methyl/N-ethyl adjacent to an activating group) is 1. The van der Waals surface area contributed by atoms with Gasteiger partial charge in [-0.3, -0.25) is 14.5 Å². The second-order valence-electron chi connectivity index (χ2n) is 8.76. The Labute approximate surface area is 222 Å². The molecule has 0 spiro atoms. The van der Waals surface area contributed by atoms with E-state index >= 15 is 0 Å². The Hall–Kier alpha value is -3.31. The van der Waals surface area contributed by atoms with Gasteiger partial charge in [-0.25, -0.2) is 4.79 Å². The molecule has 0 amide bonds. The minimum atomic E-state index is -4.80. The van der Waals surface area contributed by atoms with Crippen LogP contribution < -0.4 is 14.2 Å². The summed E-state index contributed by atoms with van der Waals surface area (Å²) in [4.78, 5) is 39.5. The zero-order valence-electron chi connectivity index (χ0n) is 21.4. The minimum Gasteiger partial charge on any atom is -0.496 e. The molecule has 0 bridgehead atoms. The lowest BCUT2D eigenvalue weighted by atomic mass is 9.87. The number of carbonyl (C=O) groups excluding carboxylic acids is 3. The Morgan fingerprint density at radius 1 is 1.11 bits per heavy atom. The second-order valence-corrected chi connectivity index (χ2v) is 9.13. The molecule has 206 valence electrons. The molecule has 8 nitrogen and oxygen atoms in total. The summed E-state index contributed by atoms with van der Waals surface area (Å²) < 4.78 is 62.1. The average Bonchev–Trinajstić information content (AvgIpc) is 3.20. The Morgan fingerprint density at radius 3 is 2.32 bits per heavy atom. The third-order valence-electron chi connectivity index (χ3n) is 6.41. The van der Waals surface area contributed by atoms with Crippen molar-refractivity contribution in [2.75, 3.05) is 34.4 Å². The number of rotatable bonds is 8. The first-order chi connectivity index (χ1) is 17.8. The van der Waals surface area contributed by atoms with Crippen molar-refractivity contribution in [3.05, 3.63) is 51.5 Å². The Balaban J connectivity index is 2.22. The van der Waals surface area contributed by atoms with Gasteiger partial charge in [-0.1, -0.05) is 17.7 Å². The van der Waals surface area contributed by atoms with Gasteiger partial charge in [-0.05, 0) is 39.1 Å². The van der Waals surface area contributed by atoms with E-state index in [1.807, 2.05) is 11.9 Å². The number of Topliss-reactive ketones (excluding diaryl/α,β-unsaturated/α-hetero) is 1. The molecule has 1 saturated heterocycles. The number of ether oxygens (including phenoxy) is 4. The van der Waals surface area contributed by atoms with Crippen LogP contribution in [0.15, 0.2) is 24.3 Å². The van der Waals surface area contributed by atoms with E-state index in [0.717, 1.165) is 18.2 Å². The number of methoxy groups -OCH3 is 2. The van der Waals surface area contributed by atoms with Crippen LogP contribution in [0.1, 0.15) is 58.0 Å². The normalized spacial score (nSPS) is 17.7. The second kappa shape index (κ2) is 11.6. The van der Waals surface area contributed by atoms with E-state index in [4.69, 9.17) is 30.5 Å². The van der Waals surface area contributed by atoms with Crippen LogP contribution in [0.5, 0.6) is 17.2 Å². The summed E-state index contributed by atoms with van der Waals surface area (Å²) in [5, 5.41) is -0.834. The molecule has 0 N–H and O–H groups in total. The molecule has 2 atom stereocenters. The van der Waals surface area contributed by atoms with Crippen LogP contribution in [0.3, 0.4) is 0 Å². The van der Waals surface area contributed by atoms with Gasteiger partial charge >= 0.3 is 18.1 Å². The van der Waals surface area contributed by atoms with Crippen molar-refractivity contribution >= 4 is 29.3 Å². The van der Waals surface area contributed by atoms with Crippen molar-refractivity contribution in [3.63, 3.8) is 0 Å². The van der Waals surface area contributed by atoms with Crippen LogP contribution in [0.2, 0.25) is 5.02 Å². The first kappa shape index (κ1) is 29.2. The van der Waals surface area contributed by atoms with Crippen LogP contribution in [0.4, 0.5) is 13.2 Å². The van der Waals surface area contributed by atoms with E-state index in [0.29, 0.717) is 18.5 Å². The SMILES string of the molecule is COc1cc(OC)c(C2CCN(C)C2COC(C)=O)c(OC(=O)c2cccc(C(F)(F)F)c2Cl)c1C(C)=O. The third kappa shape index (κ3) is 5.88. The summed E-state index contributed by atoms with van der Waals surface area (Å²) in [6.45, 7) is 3.10. The topological polar surface area (TPSA) is 91.4 Å². The summed E-state index contributed by atoms with van der Waals surface area (Å²) in [7, 11) is 4.51. The smallest absolute Gasteiger partial charge is 0.417 e. The van der Waals surface area contributed by atoms with E-state index in [9.17, 15) is 27.6 Å². The number of esters is 2. The van der Waals surface area contributed by atoms with Gasteiger partial charge in [-0.2, -0.15) is 13.2 Å². The van der Waals surface area contributed by atoms with E-state index in [2.05, 4.69) is 0 Å². The van der Waals surface area contributed by atoms with Crippen LogP contribution in [0.25, 0.3) is 0 Å². The highest BCUT2D eigenvalue weighted by Crippen LogP contribution is 2.48. The fourth-order valence-electron chi connectivity index (χ4n) is 4.60. The highest BCUT2D eigenvalue weighted by Gasteiger charge is 2.40. The molecule has 2 aromatic carbocycles. The zero-order valence-corrected chi connectivity index (χ0v) is 22.2. The van der Waals surface area contributed by atoms with E-state index in [-0.39, 0.29) is 35.5 Å². The molecule has 1 fully saturated rings. The number of halogens is 4. The predicted molar refractivity (Wildman–Crippen MR) is 131 cm³/mol. The van der Waals surface area contributed by atoms with Crippen LogP contribution in [-0.2, 0) is 15.7 Å². The maximum Gasteiger partial charge on any atom is 0.417 e. The molecule has 0 aromatic heterocycles. The minimum absolute atomic E-state index is 0.00787. The molecule has 3 rings (SSSR count). The molecule has 1 heterocycles. The highest BCUT2D eigenvalue weighted by molar-refractivity contribution is 6.34. The van der Waals surface area contributed by atoms with E-state index < -0.39 is 46.0 Å². The number of likely N-dealkylation sites (tertiary alicyclic amines) is 1. The van der Waals surface area contributed by atoms with Gasteiger partial charge in [0.1, 0.15) is 23.7 Å². The molecule has 0 aliphatic carbocycles. The lowest BCUT2D eigenvalue weighted by Crippen LogP contribution is -2.34. The first-order valence-electron chi connectivity index (χ1n) is 11.5. The fourth-order valence-corrected chi connectivity index (χ4v) is 4.91. The summed E-state index contributed by atoms with van der Waals surface area (Å²) in [5.74, 6) is -2.62. The predicted octanol–water partition coefficient (Wildman–Crippen LogP) is 5.15. The van der Waals surface area contributed by atoms with Crippen molar-refractivity contribution < 1.29 is 46.5 Å². The fraction of sp³-hybridized carbons (Fsp3) is 0.423. The monoisotopic (exact) mass is 557 g/mol. The van der Waals surface area contributed by atoms with Crippen LogP contribution >= 0.6 is 11.6 Å². The summed E-state index contributed by atoms with van der Waals surface area (Å²) >= 11 is 5.96. The Kier molecular flexibility index (Phi) is 8.94. The van der Waals surface area contributed by atoms with Gasteiger partial charge in [0.15, 0.2) is 11.5 Å². The number of ketones is 1. The zero-order chi connectivity index (χ0) is 28.4. The molecule has 2 aromatic rings. The molecule has 2 unspecified atom stereocenters. The number of hydrogen-bond acceptors (Lipinski definition) is 8.